The van der Waals surface area contributed by atoms with Crippen molar-refractivity contribution in [1.29, 1.82) is 0 Å². The molecule has 0 saturated heterocycles. The minimum atomic E-state index is -1.21. The monoisotopic (exact) mass is 285 g/mol. The Balaban J connectivity index is 2.34. The van der Waals surface area contributed by atoms with E-state index in [1.807, 2.05) is 0 Å². The molecule has 6 nitrogen and oxygen atoms in total. The molecule has 0 bridgehead atoms. The average molecular weight is 285 g/mol. The topological polar surface area (TPSA) is 72.9 Å². The summed E-state index contributed by atoms with van der Waals surface area (Å²) in [5.74, 6) is -1.02. The van der Waals surface area contributed by atoms with Gasteiger partial charge in [0.2, 0.25) is 0 Å². The molecule has 2 amide bonds. The van der Waals surface area contributed by atoms with Gasteiger partial charge < -0.3 is 20.2 Å². The molecule has 1 fully saturated rings. The van der Waals surface area contributed by atoms with Gasteiger partial charge in [0, 0.05) is 26.2 Å². The average Bonchev–Trinajstić information content (AvgIpc) is 2.91. The highest BCUT2D eigenvalue weighted by Crippen LogP contribution is 2.21. The highest BCUT2D eigenvalue weighted by Gasteiger charge is 2.35. The van der Waals surface area contributed by atoms with Gasteiger partial charge in [-0.25, -0.2) is 9.59 Å². The molecule has 1 saturated carbocycles. The summed E-state index contributed by atoms with van der Waals surface area (Å²) < 4.78 is 0. The summed E-state index contributed by atoms with van der Waals surface area (Å²) in [6.07, 6.45) is 5.04. The number of rotatable bonds is 6. The van der Waals surface area contributed by atoms with Gasteiger partial charge in [-0.05, 0) is 33.7 Å². The number of urea groups is 1. The first kappa shape index (κ1) is 16.8. The molecule has 2 N–H and O–H groups in total. The Hall–Kier alpha value is -1.30. The summed E-state index contributed by atoms with van der Waals surface area (Å²) in [5.41, 5.74) is -1.21. The van der Waals surface area contributed by atoms with E-state index in [-0.39, 0.29) is 6.03 Å². The molecule has 0 radical (unpaired) electrons. The Bertz CT molecular complexity index is 352. The van der Waals surface area contributed by atoms with E-state index in [0.29, 0.717) is 12.6 Å². The van der Waals surface area contributed by atoms with Crippen molar-refractivity contribution in [2.45, 2.75) is 51.1 Å². The van der Waals surface area contributed by atoms with Gasteiger partial charge in [-0.15, -0.1) is 0 Å². The molecule has 1 rings (SSSR count). The van der Waals surface area contributed by atoms with Crippen LogP contribution in [0.4, 0.5) is 4.79 Å². The number of carboxylic acid groups (broad SMARTS) is 1. The lowest BCUT2D eigenvalue weighted by Crippen LogP contribution is -2.54. The first-order chi connectivity index (χ1) is 9.26. The molecular formula is C14H27N3O3. The zero-order chi connectivity index (χ0) is 15.3. The predicted octanol–water partition coefficient (Wildman–Crippen LogP) is 1.37. The molecule has 0 heterocycles. The fraction of sp³-hybridized carbons (Fsp3) is 0.857. The molecule has 0 aliphatic heterocycles. The highest BCUT2D eigenvalue weighted by atomic mass is 16.4. The van der Waals surface area contributed by atoms with Crippen molar-refractivity contribution in [3.8, 4) is 0 Å². The van der Waals surface area contributed by atoms with Crippen molar-refractivity contribution in [3.63, 3.8) is 0 Å². The minimum Gasteiger partial charge on any atom is -0.480 e. The van der Waals surface area contributed by atoms with Gasteiger partial charge in [-0.1, -0.05) is 12.8 Å². The van der Waals surface area contributed by atoms with Gasteiger partial charge in [-0.2, -0.15) is 0 Å². The molecule has 0 aromatic carbocycles. The number of amides is 2. The van der Waals surface area contributed by atoms with Crippen LogP contribution in [0.25, 0.3) is 0 Å². The second-order valence-electron chi connectivity index (χ2n) is 6.07. The molecule has 0 unspecified atom stereocenters. The highest BCUT2D eigenvalue weighted by molar-refractivity contribution is 5.85. The van der Waals surface area contributed by atoms with Crippen LogP contribution in [0.1, 0.15) is 39.5 Å². The van der Waals surface area contributed by atoms with Crippen LogP contribution in [0.3, 0.4) is 0 Å². The van der Waals surface area contributed by atoms with Crippen LogP contribution in [-0.2, 0) is 4.79 Å². The number of carboxylic acids is 1. The van der Waals surface area contributed by atoms with Gasteiger partial charge in [0.05, 0.1) is 0 Å². The maximum atomic E-state index is 11.9. The number of nitrogens with one attached hydrogen (secondary N) is 1. The quantitative estimate of drug-likeness (QED) is 0.773. The Kier molecular flexibility index (Phi) is 5.80. The van der Waals surface area contributed by atoms with Crippen LogP contribution in [0.2, 0.25) is 0 Å². The lowest BCUT2D eigenvalue weighted by molar-refractivity contribution is -0.146. The van der Waals surface area contributed by atoms with Crippen molar-refractivity contribution in [3.05, 3.63) is 0 Å². The van der Waals surface area contributed by atoms with E-state index in [1.165, 1.54) is 51.5 Å². The van der Waals surface area contributed by atoms with Crippen LogP contribution >= 0.6 is 0 Å². The summed E-state index contributed by atoms with van der Waals surface area (Å²) >= 11 is 0. The van der Waals surface area contributed by atoms with Crippen molar-refractivity contribution in [1.82, 2.24) is 15.1 Å². The number of likely N-dealkylation sites (N-methyl/N-ethyl adjacent to an activating group) is 2. The number of nitrogens with zero attached hydrogens (tertiary/aromatic N) is 2. The maximum absolute atomic E-state index is 11.9. The second kappa shape index (κ2) is 6.92. The van der Waals surface area contributed by atoms with Crippen molar-refractivity contribution in [2.24, 2.45) is 0 Å². The Morgan fingerprint density at radius 3 is 2.30 bits per heavy atom. The Labute approximate surface area is 121 Å². The molecule has 6 heteroatoms. The van der Waals surface area contributed by atoms with Crippen molar-refractivity contribution >= 4 is 12.0 Å². The van der Waals surface area contributed by atoms with E-state index in [1.54, 1.807) is 0 Å². The number of aliphatic carboxylic acids is 1. The van der Waals surface area contributed by atoms with Crippen LogP contribution in [-0.4, -0.2) is 65.7 Å². The summed E-state index contributed by atoms with van der Waals surface area (Å²) in [4.78, 5) is 26.5. The van der Waals surface area contributed by atoms with E-state index >= 15 is 0 Å². The first-order valence-corrected chi connectivity index (χ1v) is 7.22. The molecule has 0 spiro atoms. The number of carbonyl (C=O) groups is 2. The molecule has 0 aromatic heterocycles. The summed E-state index contributed by atoms with van der Waals surface area (Å²) in [6.45, 7) is 4.35. The normalized spacial score (nSPS) is 16.4. The van der Waals surface area contributed by atoms with E-state index in [9.17, 15) is 9.59 Å². The van der Waals surface area contributed by atoms with Crippen molar-refractivity contribution in [2.75, 3.05) is 27.2 Å². The third-order valence-electron chi connectivity index (χ3n) is 4.36. The third-order valence-corrected chi connectivity index (χ3v) is 4.36. The second-order valence-corrected chi connectivity index (χ2v) is 6.07. The minimum absolute atomic E-state index is 0.350. The molecule has 1 aliphatic carbocycles. The predicted molar refractivity (Wildman–Crippen MR) is 77.8 cm³/mol. The van der Waals surface area contributed by atoms with E-state index in [4.69, 9.17) is 5.11 Å². The van der Waals surface area contributed by atoms with Gasteiger partial charge >= 0.3 is 12.0 Å². The van der Waals surface area contributed by atoms with Gasteiger partial charge in [0.1, 0.15) is 5.54 Å². The van der Waals surface area contributed by atoms with Gasteiger partial charge in [0.25, 0.3) is 0 Å². The zero-order valence-corrected chi connectivity index (χ0v) is 13.0. The Morgan fingerprint density at radius 2 is 1.80 bits per heavy atom. The van der Waals surface area contributed by atoms with Crippen LogP contribution in [0.15, 0.2) is 0 Å². The smallest absolute Gasteiger partial charge is 0.329 e. The summed E-state index contributed by atoms with van der Waals surface area (Å²) in [5, 5.41) is 11.9. The lowest BCUT2D eigenvalue weighted by atomic mass is 10.1. The van der Waals surface area contributed by atoms with Crippen molar-refractivity contribution < 1.29 is 14.7 Å². The van der Waals surface area contributed by atoms with Gasteiger partial charge in [-0.3, -0.25) is 0 Å². The van der Waals surface area contributed by atoms with E-state index < -0.39 is 11.5 Å². The molecule has 0 atom stereocenters. The molecule has 0 aromatic rings. The van der Waals surface area contributed by atoms with Gasteiger partial charge in [0.15, 0.2) is 0 Å². The van der Waals surface area contributed by atoms with Crippen LogP contribution < -0.4 is 5.32 Å². The maximum Gasteiger partial charge on any atom is 0.329 e. The zero-order valence-electron chi connectivity index (χ0n) is 13.0. The van der Waals surface area contributed by atoms with E-state index in [0.717, 1.165) is 6.54 Å². The Morgan fingerprint density at radius 1 is 1.25 bits per heavy atom. The van der Waals surface area contributed by atoms with E-state index in [2.05, 4.69) is 17.3 Å². The summed E-state index contributed by atoms with van der Waals surface area (Å²) in [6, 6.07) is 0.275. The standard InChI is InChI=1S/C14H27N3O3/c1-14(2,12(18)19)17(4)13(20)15-9-10-16(3)11-7-5-6-8-11/h11H,5-10H2,1-4H3,(H,15,20)(H,18,19). The summed E-state index contributed by atoms with van der Waals surface area (Å²) in [7, 11) is 3.58. The number of hydrogen-bond donors (Lipinski definition) is 2. The molecule has 1 aliphatic rings. The fourth-order valence-electron chi connectivity index (χ4n) is 2.38. The third kappa shape index (κ3) is 4.10. The lowest BCUT2D eigenvalue weighted by Gasteiger charge is -2.32. The number of carbonyl (C=O) groups excluding carboxylic acids is 1. The largest absolute Gasteiger partial charge is 0.480 e. The first-order valence-electron chi connectivity index (χ1n) is 7.22. The molecule has 116 valence electrons. The SMILES string of the molecule is CN(CCNC(=O)N(C)C(C)(C)C(=O)O)C1CCCC1. The molecule has 20 heavy (non-hydrogen) atoms. The van der Waals surface area contributed by atoms with Crippen LogP contribution in [0.5, 0.6) is 0 Å². The fourth-order valence-corrected chi connectivity index (χ4v) is 2.38. The molecular weight excluding hydrogens is 258 g/mol. The van der Waals surface area contributed by atoms with Crippen LogP contribution in [0, 0.1) is 0 Å². The number of hydrogen-bond acceptors (Lipinski definition) is 3.